The van der Waals surface area contributed by atoms with E-state index >= 15 is 0 Å². The highest BCUT2D eigenvalue weighted by molar-refractivity contribution is 5.68. The highest BCUT2D eigenvalue weighted by Crippen LogP contribution is 2.66. The van der Waals surface area contributed by atoms with Crippen LogP contribution in [0.5, 0.6) is 0 Å². The summed E-state index contributed by atoms with van der Waals surface area (Å²) in [6.45, 7) is 11.8. The number of hydrogen-bond donors (Lipinski definition) is 0. The first kappa shape index (κ1) is 25.7. The van der Waals surface area contributed by atoms with Gasteiger partial charge in [-0.05, 0) is 54.8 Å². The van der Waals surface area contributed by atoms with Crippen LogP contribution in [0, 0.1) is 22.7 Å². The topological polar surface area (TPSA) is 91.4 Å². The van der Waals surface area contributed by atoms with Crippen molar-refractivity contribution < 1.29 is 33.3 Å². The van der Waals surface area contributed by atoms with E-state index in [9.17, 15) is 14.4 Å². The van der Waals surface area contributed by atoms with Gasteiger partial charge in [0.1, 0.15) is 13.2 Å². The molecule has 1 heterocycles. The third-order valence-corrected chi connectivity index (χ3v) is 8.30. The van der Waals surface area contributed by atoms with Crippen LogP contribution in [0.2, 0.25) is 0 Å². The van der Waals surface area contributed by atoms with Gasteiger partial charge in [-0.25, -0.2) is 0 Å². The van der Waals surface area contributed by atoms with E-state index in [1.807, 2.05) is 6.08 Å². The summed E-state index contributed by atoms with van der Waals surface area (Å²) in [7, 11) is 0. The van der Waals surface area contributed by atoms with E-state index in [1.54, 1.807) is 0 Å². The molecular weight excluding hydrogens is 424 g/mol. The van der Waals surface area contributed by atoms with Gasteiger partial charge < -0.3 is 18.9 Å². The standard InChI is InChI=1S/C26H40O7/c1-17(27)30-14-20(21(33-19(3)29)15-31-18(2)28)8-9-23-25(6)12-7-11-24(4,5)22(25)10-13-26(23)16-32-26/h8,21-23H,7,9-16H2,1-6H3. The Hall–Kier alpha value is -1.89. The van der Waals surface area contributed by atoms with Crippen LogP contribution in [-0.2, 0) is 33.3 Å². The zero-order valence-corrected chi connectivity index (χ0v) is 21.0. The summed E-state index contributed by atoms with van der Waals surface area (Å²) in [5, 5.41) is 0. The van der Waals surface area contributed by atoms with Gasteiger partial charge in [-0.1, -0.05) is 33.3 Å². The van der Waals surface area contributed by atoms with Gasteiger partial charge in [0.25, 0.3) is 0 Å². The van der Waals surface area contributed by atoms with Crippen molar-refractivity contribution in [1.29, 1.82) is 0 Å². The quantitative estimate of drug-likeness (QED) is 0.228. The average molecular weight is 465 g/mol. The minimum Gasteiger partial charge on any atom is -0.462 e. The van der Waals surface area contributed by atoms with Gasteiger partial charge in [-0.15, -0.1) is 0 Å². The molecule has 0 N–H and O–H groups in total. The summed E-state index contributed by atoms with van der Waals surface area (Å²) in [5.74, 6) is -0.426. The zero-order valence-electron chi connectivity index (χ0n) is 21.0. The van der Waals surface area contributed by atoms with Gasteiger partial charge in [-0.3, -0.25) is 14.4 Å². The first-order valence-electron chi connectivity index (χ1n) is 12.2. The van der Waals surface area contributed by atoms with Crippen molar-refractivity contribution in [3.8, 4) is 0 Å². The largest absolute Gasteiger partial charge is 0.462 e. The number of carbonyl (C=O) groups is 3. The van der Waals surface area contributed by atoms with Crippen LogP contribution < -0.4 is 0 Å². The predicted octanol–water partition coefficient (Wildman–Crippen LogP) is 4.37. The molecule has 3 rings (SSSR count). The fourth-order valence-corrected chi connectivity index (χ4v) is 6.74. The molecule has 1 saturated heterocycles. The molecule has 0 aromatic carbocycles. The smallest absolute Gasteiger partial charge is 0.303 e. The Morgan fingerprint density at radius 3 is 2.24 bits per heavy atom. The van der Waals surface area contributed by atoms with E-state index in [0.29, 0.717) is 22.8 Å². The first-order chi connectivity index (χ1) is 15.4. The first-order valence-corrected chi connectivity index (χ1v) is 12.2. The molecule has 0 aromatic heterocycles. The van der Waals surface area contributed by atoms with Crippen molar-refractivity contribution in [3.05, 3.63) is 11.6 Å². The van der Waals surface area contributed by atoms with Crippen molar-refractivity contribution in [1.82, 2.24) is 0 Å². The molecule has 0 bridgehead atoms. The molecular formula is C26H40O7. The van der Waals surface area contributed by atoms with Crippen LogP contribution >= 0.6 is 0 Å². The minimum atomic E-state index is -0.795. The number of rotatable bonds is 8. The van der Waals surface area contributed by atoms with E-state index in [-0.39, 0.29) is 24.2 Å². The molecule has 1 spiro atoms. The van der Waals surface area contributed by atoms with E-state index in [4.69, 9.17) is 18.9 Å². The molecule has 1 aliphatic heterocycles. The normalized spacial score (nSPS) is 33.6. The Bertz CT molecular complexity index is 794. The second-order valence-electron chi connectivity index (χ2n) is 11.0. The van der Waals surface area contributed by atoms with E-state index < -0.39 is 24.0 Å². The summed E-state index contributed by atoms with van der Waals surface area (Å²) in [4.78, 5) is 34.7. The van der Waals surface area contributed by atoms with Crippen LogP contribution in [0.3, 0.4) is 0 Å². The van der Waals surface area contributed by atoms with Gasteiger partial charge >= 0.3 is 17.9 Å². The van der Waals surface area contributed by atoms with E-state index in [2.05, 4.69) is 20.8 Å². The van der Waals surface area contributed by atoms with Crippen molar-refractivity contribution in [2.24, 2.45) is 22.7 Å². The van der Waals surface area contributed by atoms with Crippen molar-refractivity contribution in [2.75, 3.05) is 19.8 Å². The highest BCUT2D eigenvalue weighted by atomic mass is 16.6. The molecule has 3 aliphatic rings. The highest BCUT2D eigenvalue weighted by Gasteiger charge is 2.64. The molecule has 3 fully saturated rings. The van der Waals surface area contributed by atoms with Crippen LogP contribution in [0.15, 0.2) is 11.6 Å². The number of epoxide rings is 1. The fraction of sp³-hybridized carbons (Fsp3) is 0.808. The third kappa shape index (κ3) is 5.79. The molecule has 5 atom stereocenters. The number of esters is 3. The predicted molar refractivity (Wildman–Crippen MR) is 122 cm³/mol. The molecule has 2 aliphatic carbocycles. The van der Waals surface area contributed by atoms with Gasteiger partial charge in [0.05, 0.1) is 12.2 Å². The maximum Gasteiger partial charge on any atom is 0.303 e. The lowest BCUT2D eigenvalue weighted by Crippen LogP contribution is -2.54. The summed E-state index contributed by atoms with van der Waals surface area (Å²) >= 11 is 0. The van der Waals surface area contributed by atoms with Gasteiger partial charge in [0.2, 0.25) is 0 Å². The van der Waals surface area contributed by atoms with Crippen molar-refractivity contribution >= 4 is 17.9 Å². The lowest BCUT2D eigenvalue weighted by atomic mass is 9.46. The molecule has 7 heteroatoms. The third-order valence-electron chi connectivity index (χ3n) is 8.30. The van der Waals surface area contributed by atoms with Crippen LogP contribution in [0.4, 0.5) is 0 Å². The number of allylic oxidation sites excluding steroid dienone is 1. The monoisotopic (exact) mass is 464 g/mol. The second kappa shape index (κ2) is 9.77. The van der Waals surface area contributed by atoms with Crippen LogP contribution in [-0.4, -0.2) is 49.4 Å². The Balaban J connectivity index is 1.89. The molecule has 33 heavy (non-hydrogen) atoms. The maximum absolute atomic E-state index is 11.8. The van der Waals surface area contributed by atoms with Crippen molar-refractivity contribution in [3.63, 3.8) is 0 Å². The molecule has 5 unspecified atom stereocenters. The Kier molecular flexibility index (Phi) is 7.62. The molecule has 0 radical (unpaired) electrons. The number of ether oxygens (including phenoxy) is 4. The van der Waals surface area contributed by atoms with E-state index in [1.165, 1.54) is 46.5 Å². The molecule has 7 nitrogen and oxygen atoms in total. The molecule has 0 amide bonds. The minimum absolute atomic E-state index is 0.0131. The number of hydrogen-bond acceptors (Lipinski definition) is 7. The number of fused-ring (bicyclic) bond motifs is 1. The lowest BCUT2D eigenvalue weighted by Gasteiger charge is -2.59. The SMILES string of the molecule is CC(=O)OCC(=CCC1C2(CCC3C(C)(C)CCCC31C)CO2)C(COC(C)=O)OC(C)=O. The molecule has 2 saturated carbocycles. The number of carbonyl (C=O) groups excluding carboxylic acids is 3. The van der Waals surface area contributed by atoms with Gasteiger partial charge in [0, 0.05) is 26.3 Å². The summed E-state index contributed by atoms with van der Waals surface area (Å²) in [6, 6.07) is 0. The Morgan fingerprint density at radius 1 is 1.00 bits per heavy atom. The van der Waals surface area contributed by atoms with Gasteiger partial charge in [-0.2, -0.15) is 0 Å². The molecule has 186 valence electrons. The fourth-order valence-electron chi connectivity index (χ4n) is 6.74. The maximum atomic E-state index is 11.8. The summed E-state index contributed by atoms with van der Waals surface area (Å²) < 4.78 is 22.0. The summed E-state index contributed by atoms with van der Waals surface area (Å²) in [6.07, 6.45) is 7.85. The Labute approximate surface area is 197 Å². The molecule has 0 aromatic rings. The average Bonchev–Trinajstić information content (AvgIpc) is 3.45. The Morgan fingerprint density at radius 2 is 1.67 bits per heavy atom. The van der Waals surface area contributed by atoms with Gasteiger partial charge in [0.15, 0.2) is 6.10 Å². The van der Waals surface area contributed by atoms with Crippen LogP contribution in [0.25, 0.3) is 0 Å². The zero-order chi connectivity index (χ0) is 24.4. The summed E-state index contributed by atoms with van der Waals surface area (Å²) in [5.41, 5.74) is 0.987. The van der Waals surface area contributed by atoms with Crippen LogP contribution in [0.1, 0.15) is 80.1 Å². The second-order valence-corrected chi connectivity index (χ2v) is 11.0. The van der Waals surface area contributed by atoms with Crippen molar-refractivity contribution in [2.45, 2.75) is 91.8 Å². The lowest BCUT2D eigenvalue weighted by molar-refractivity contribution is -0.155. The van der Waals surface area contributed by atoms with E-state index in [0.717, 1.165) is 19.4 Å².